The lowest BCUT2D eigenvalue weighted by atomic mass is 10.3. The van der Waals surface area contributed by atoms with E-state index in [-0.39, 0.29) is 11.9 Å². The smallest absolute Gasteiger partial charge is 0.235 e. The van der Waals surface area contributed by atoms with Crippen molar-refractivity contribution in [2.75, 3.05) is 12.3 Å². The molecule has 1 amide bonds. The van der Waals surface area contributed by atoms with Crippen molar-refractivity contribution >= 4 is 17.7 Å². The van der Waals surface area contributed by atoms with Gasteiger partial charge in [-0.25, -0.2) is 4.68 Å². The third-order valence-electron chi connectivity index (χ3n) is 1.75. The Balaban J connectivity index is 2.47. The normalized spacial score (nSPS) is 12.7. The molecule has 1 heterocycles. The van der Waals surface area contributed by atoms with Crippen molar-refractivity contribution < 1.29 is 4.79 Å². The average molecular weight is 230 g/mol. The van der Waals surface area contributed by atoms with E-state index in [4.69, 9.17) is 5.73 Å². The molecule has 3 N–H and O–H groups in total. The molecule has 0 radical (unpaired) electrons. The van der Waals surface area contributed by atoms with Gasteiger partial charge in [0, 0.05) is 12.8 Å². The van der Waals surface area contributed by atoms with Gasteiger partial charge in [0.15, 0.2) is 0 Å². The quantitative estimate of drug-likeness (QED) is 0.593. The van der Waals surface area contributed by atoms with Gasteiger partial charge in [-0.15, -0.1) is 5.10 Å². The Morgan fingerprint density at radius 3 is 2.93 bits per heavy atom. The van der Waals surface area contributed by atoms with Crippen LogP contribution in [0.1, 0.15) is 6.92 Å². The molecule has 0 saturated carbocycles. The summed E-state index contributed by atoms with van der Waals surface area (Å²) >= 11 is 1.39. The zero-order valence-corrected chi connectivity index (χ0v) is 9.49. The van der Waals surface area contributed by atoms with Gasteiger partial charge in [0.2, 0.25) is 11.1 Å². The molecule has 1 unspecified atom stereocenters. The minimum atomic E-state index is -0.362. The van der Waals surface area contributed by atoms with Gasteiger partial charge in [-0.05, 0) is 17.0 Å². The van der Waals surface area contributed by atoms with Gasteiger partial charge in [0.1, 0.15) is 0 Å². The number of aromatic nitrogens is 4. The van der Waals surface area contributed by atoms with Gasteiger partial charge in [-0.2, -0.15) is 0 Å². The number of likely N-dealkylation sites (N-methyl/N-ethyl adjacent to an activating group) is 1. The fraction of sp³-hybridized carbons (Fsp3) is 0.714. The molecule has 7 nitrogen and oxygen atoms in total. The molecule has 1 atom stereocenters. The second-order valence-electron chi connectivity index (χ2n) is 2.91. The van der Waals surface area contributed by atoms with Crippen LogP contribution >= 0.6 is 11.8 Å². The van der Waals surface area contributed by atoms with E-state index in [1.165, 1.54) is 11.8 Å². The number of nitrogens with two attached hydrogens (primary N) is 1. The number of rotatable bonds is 6. The van der Waals surface area contributed by atoms with Crippen LogP contribution in [0, 0.1) is 0 Å². The number of thioether (sulfide) groups is 1. The number of tetrazole rings is 1. The standard InChI is InChI=1S/C7H14N6OS/c1-3-9-5(6(8)14)4-15-7-10-11-12-13(7)2/h5,9H,3-4H2,1-2H3,(H2,8,14). The molecule has 0 fully saturated rings. The largest absolute Gasteiger partial charge is 0.368 e. The number of carbonyl (C=O) groups is 1. The minimum absolute atomic E-state index is 0.350. The first-order chi connectivity index (χ1) is 7.15. The highest BCUT2D eigenvalue weighted by Crippen LogP contribution is 2.13. The van der Waals surface area contributed by atoms with Gasteiger partial charge in [0.05, 0.1) is 6.04 Å². The summed E-state index contributed by atoms with van der Waals surface area (Å²) in [5.41, 5.74) is 5.23. The van der Waals surface area contributed by atoms with Crippen LogP contribution in [-0.4, -0.2) is 44.5 Å². The van der Waals surface area contributed by atoms with Crippen LogP contribution in [0.4, 0.5) is 0 Å². The summed E-state index contributed by atoms with van der Waals surface area (Å²) in [4.78, 5) is 11.0. The highest BCUT2D eigenvalue weighted by atomic mass is 32.2. The van der Waals surface area contributed by atoms with Gasteiger partial charge in [-0.1, -0.05) is 18.7 Å². The molecule has 1 aromatic heterocycles. The van der Waals surface area contributed by atoms with E-state index in [0.29, 0.717) is 17.5 Å². The first-order valence-corrected chi connectivity index (χ1v) is 5.51. The second kappa shape index (κ2) is 5.66. The maximum Gasteiger partial charge on any atom is 0.235 e. The number of carbonyl (C=O) groups excluding carboxylic acids is 1. The van der Waals surface area contributed by atoms with E-state index in [1.807, 2.05) is 6.92 Å². The van der Waals surface area contributed by atoms with Crippen molar-refractivity contribution in [3.8, 4) is 0 Å². The molecule has 15 heavy (non-hydrogen) atoms. The maximum absolute atomic E-state index is 11.0. The first-order valence-electron chi connectivity index (χ1n) is 4.53. The van der Waals surface area contributed by atoms with E-state index in [1.54, 1.807) is 11.7 Å². The predicted molar refractivity (Wildman–Crippen MR) is 56.2 cm³/mol. The SMILES string of the molecule is CCNC(CSc1nnnn1C)C(N)=O. The number of primary amides is 1. The molecular weight excluding hydrogens is 216 g/mol. The number of aryl methyl sites for hydroxylation is 1. The summed E-state index contributed by atoms with van der Waals surface area (Å²) in [6, 6.07) is -0.350. The molecule has 0 aromatic carbocycles. The fourth-order valence-electron chi connectivity index (χ4n) is 0.989. The Kier molecular flexibility index (Phi) is 4.50. The number of hydrogen-bond acceptors (Lipinski definition) is 6. The summed E-state index contributed by atoms with van der Waals surface area (Å²) in [6.45, 7) is 2.62. The van der Waals surface area contributed by atoms with Crippen molar-refractivity contribution in [3.05, 3.63) is 0 Å². The lowest BCUT2D eigenvalue weighted by molar-refractivity contribution is -0.119. The molecule has 0 aliphatic carbocycles. The monoisotopic (exact) mass is 230 g/mol. The molecule has 0 bridgehead atoms. The number of amides is 1. The zero-order chi connectivity index (χ0) is 11.3. The molecule has 0 aliphatic heterocycles. The number of hydrogen-bond donors (Lipinski definition) is 2. The highest BCUT2D eigenvalue weighted by Gasteiger charge is 2.15. The van der Waals surface area contributed by atoms with Crippen LogP contribution in [0.3, 0.4) is 0 Å². The van der Waals surface area contributed by atoms with Crippen LogP contribution in [0.15, 0.2) is 5.16 Å². The lowest BCUT2D eigenvalue weighted by Gasteiger charge is -2.12. The van der Waals surface area contributed by atoms with Crippen LogP contribution in [0.2, 0.25) is 0 Å². The first kappa shape index (κ1) is 11.9. The molecule has 0 saturated heterocycles. The van der Waals surface area contributed by atoms with Crippen molar-refractivity contribution in [2.24, 2.45) is 12.8 Å². The van der Waals surface area contributed by atoms with Crippen LogP contribution < -0.4 is 11.1 Å². The van der Waals surface area contributed by atoms with Crippen molar-refractivity contribution in [1.82, 2.24) is 25.5 Å². The van der Waals surface area contributed by atoms with Crippen LogP contribution in [-0.2, 0) is 11.8 Å². The average Bonchev–Trinajstić information content (AvgIpc) is 2.58. The Hall–Kier alpha value is -1.15. The van der Waals surface area contributed by atoms with Crippen molar-refractivity contribution in [3.63, 3.8) is 0 Å². The second-order valence-corrected chi connectivity index (χ2v) is 3.90. The number of nitrogens with zero attached hydrogens (tertiary/aromatic N) is 4. The molecule has 0 spiro atoms. The Labute approximate surface area is 91.8 Å². The van der Waals surface area contributed by atoms with E-state index in [9.17, 15) is 4.79 Å². The summed E-state index contributed by atoms with van der Waals surface area (Å²) in [5.74, 6) is 0.164. The third kappa shape index (κ3) is 3.48. The van der Waals surface area contributed by atoms with E-state index in [0.717, 1.165) is 0 Å². The molecular formula is C7H14N6OS. The number of nitrogens with one attached hydrogen (secondary N) is 1. The highest BCUT2D eigenvalue weighted by molar-refractivity contribution is 7.99. The Morgan fingerprint density at radius 1 is 1.73 bits per heavy atom. The van der Waals surface area contributed by atoms with Gasteiger partial charge in [-0.3, -0.25) is 4.79 Å². The van der Waals surface area contributed by atoms with Gasteiger partial charge in [0.25, 0.3) is 0 Å². The Bertz CT molecular complexity index is 327. The van der Waals surface area contributed by atoms with Crippen molar-refractivity contribution in [1.29, 1.82) is 0 Å². The van der Waals surface area contributed by atoms with Crippen LogP contribution in [0.5, 0.6) is 0 Å². The van der Waals surface area contributed by atoms with E-state index < -0.39 is 0 Å². The molecule has 1 aromatic rings. The summed E-state index contributed by atoms with van der Waals surface area (Å²) in [6.07, 6.45) is 0. The lowest BCUT2D eigenvalue weighted by Crippen LogP contribution is -2.43. The van der Waals surface area contributed by atoms with Crippen molar-refractivity contribution in [2.45, 2.75) is 18.1 Å². The van der Waals surface area contributed by atoms with E-state index in [2.05, 4.69) is 20.8 Å². The minimum Gasteiger partial charge on any atom is -0.368 e. The Morgan fingerprint density at radius 2 is 2.47 bits per heavy atom. The fourth-order valence-corrected chi connectivity index (χ4v) is 1.90. The molecule has 84 valence electrons. The molecule has 8 heteroatoms. The molecule has 0 aliphatic rings. The molecule has 1 rings (SSSR count). The maximum atomic E-state index is 11.0. The zero-order valence-electron chi connectivity index (χ0n) is 8.67. The van der Waals surface area contributed by atoms with Gasteiger partial charge >= 0.3 is 0 Å². The predicted octanol–water partition coefficient (Wildman–Crippen LogP) is -1.23. The van der Waals surface area contributed by atoms with Gasteiger partial charge < -0.3 is 11.1 Å². The summed E-state index contributed by atoms with van der Waals surface area (Å²) in [7, 11) is 1.74. The van der Waals surface area contributed by atoms with E-state index >= 15 is 0 Å². The topological polar surface area (TPSA) is 98.7 Å². The van der Waals surface area contributed by atoms with Crippen LogP contribution in [0.25, 0.3) is 0 Å². The summed E-state index contributed by atoms with van der Waals surface area (Å²) in [5, 5.41) is 14.6. The third-order valence-corrected chi connectivity index (χ3v) is 2.86. The summed E-state index contributed by atoms with van der Waals surface area (Å²) < 4.78 is 1.55.